The van der Waals surface area contributed by atoms with Gasteiger partial charge in [0.2, 0.25) is 0 Å². The first-order valence-electron chi connectivity index (χ1n) is 5.68. The Kier molecular flexibility index (Phi) is 4.04. The van der Waals surface area contributed by atoms with E-state index in [2.05, 4.69) is 17.1 Å². The van der Waals surface area contributed by atoms with Gasteiger partial charge in [0.15, 0.2) is 0 Å². The van der Waals surface area contributed by atoms with Gasteiger partial charge < -0.3 is 5.11 Å². The van der Waals surface area contributed by atoms with E-state index in [1.165, 1.54) is 4.90 Å². The number of carbonyl (C=O) groups is 1. The number of aliphatic carboxylic acids is 1. The van der Waals surface area contributed by atoms with Crippen molar-refractivity contribution in [2.24, 2.45) is 0 Å². The first-order chi connectivity index (χ1) is 8.70. The highest BCUT2D eigenvalue weighted by molar-refractivity contribution is 7.99. The van der Waals surface area contributed by atoms with Crippen molar-refractivity contribution < 1.29 is 9.90 Å². The van der Waals surface area contributed by atoms with Gasteiger partial charge in [-0.1, -0.05) is 19.1 Å². The summed E-state index contributed by atoms with van der Waals surface area (Å²) >= 11 is 1.78. The minimum Gasteiger partial charge on any atom is -0.481 e. The summed E-state index contributed by atoms with van der Waals surface area (Å²) in [7, 11) is 0. The third kappa shape index (κ3) is 2.92. The molecular formula is C13H14N2O2S. The lowest BCUT2D eigenvalue weighted by atomic mass is 10.1. The highest BCUT2D eigenvalue weighted by Gasteiger charge is 2.10. The highest BCUT2D eigenvalue weighted by Crippen LogP contribution is 2.25. The third-order valence-corrected chi connectivity index (χ3v) is 3.42. The molecule has 0 amide bonds. The number of carboxylic acids is 1. The molecule has 1 heterocycles. The lowest BCUT2D eigenvalue weighted by Gasteiger charge is -2.03. The van der Waals surface area contributed by atoms with Crippen molar-refractivity contribution in [3.63, 3.8) is 0 Å². The molecule has 1 aromatic carbocycles. The second-order valence-electron chi connectivity index (χ2n) is 3.79. The normalized spacial score (nSPS) is 10.5. The second kappa shape index (κ2) is 5.73. The average Bonchev–Trinajstić information content (AvgIpc) is 2.78. The van der Waals surface area contributed by atoms with Crippen molar-refractivity contribution in [2.45, 2.75) is 18.2 Å². The van der Waals surface area contributed by atoms with Gasteiger partial charge in [-0.05, 0) is 23.4 Å². The van der Waals surface area contributed by atoms with Crippen LogP contribution in [0.5, 0.6) is 0 Å². The van der Waals surface area contributed by atoms with Crippen LogP contribution in [-0.4, -0.2) is 27.0 Å². The fraction of sp³-hybridized carbons (Fsp3) is 0.231. The van der Waals surface area contributed by atoms with Crippen molar-refractivity contribution in [3.8, 4) is 11.1 Å². The van der Waals surface area contributed by atoms with Crippen LogP contribution in [-0.2, 0) is 11.2 Å². The summed E-state index contributed by atoms with van der Waals surface area (Å²) in [6.45, 7) is 2.11. The molecule has 18 heavy (non-hydrogen) atoms. The molecule has 94 valence electrons. The molecule has 0 bridgehead atoms. The standard InChI is InChI=1S/C13H14N2O2S/c1-2-18-10-5-3-9(4-6-10)11-8-14-15-12(11)7-13(16)17/h3-6,8H,2,7H2,1H3,(H,14,15)(H,16,17). The smallest absolute Gasteiger partial charge is 0.309 e. The summed E-state index contributed by atoms with van der Waals surface area (Å²) in [6, 6.07) is 8.07. The van der Waals surface area contributed by atoms with Crippen LogP contribution in [0, 0.1) is 0 Å². The molecule has 2 N–H and O–H groups in total. The molecule has 0 fully saturated rings. The van der Waals surface area contributed by atoms with Crippen LogP contribution in [0.4, 0.5) is 0 Å². The van der Waals surface area contributed by atoms with Gasteiger partial charge in [0.05, 0.1) is 18.3 Å². The molecule has 0 saturated carbocycles. The zero-order valence-corrected chi connectivity index (χ0v) is 10.8. The number of rotatable bonds is 5. The van der Waals surface area contributed by atoms with Crippen LogP contribution >= 0.6 is 11.8 Å². The molecule has 0 atom stereocenters. The number of hydrogen-bond acceptors (Lipinski definition) is 3. The summed E-state index contributed by atoms with van der Waals surface area (Å²) in [4.78, 5) is 12.0. The largest absolute Gasteiger partial charge is 0.481 e. The quantitative estimate of drug-likeness (QED) is 0.813. The maximum Gasteiger partial charge on any atom is 0.309 e. The average molecular weight is 262 g/mol. The Hall–Kier alpha value is -1.75. The fourth-order valence-electron chi connectivity index (χ4n) is 1.75. The minimum absolute atomic E-state index is 0.0409. The molecule has 0 unspecified atom stereocenters. The Bertz CT molecular complexity index is 534. The number of hydrogen-bond donors (Lipinski definition) is 2. The van der Waals surface area contributed by atoms with E-state index in [0.29, 0.717) is 5.69 Å². The van der Waals surface area contributed by atoms with Gasteiger partial charge >= 0.3 is 5.97 Å². The van der Waals surface area contributed by atoms with Crippen LogP contribution < -0.4 is 0 Å². The van der Waals surface area contributed by atoms with E-state index < -0.39 is 5.97 Å². The Balaban J connectivity index is 2.25. The van der Waals surface area contributed by atoms with E-state index in [-0.39, 0.29) is 6.42 Å². The molecule has 4 nitrogen and oxygen atoms in total. The highest BCUT2D eigenvalue weighted by atomic mass is 32.2. The van der Waals surface area contributed by atoms with Crippen LogP contribution in [0.1, 0.15) is 12.6 Å². The van der Waals surface area contributed by atoms with Gasteiger partial charge in [0, 0.05) is 10.5 Å². The number of benzene rings is 1. The van der Waals surface area contributed by atoms with Crippen LogP contribution in [0.3, 0.4) is 0 Å². The van der Waals surface area contributed by atoms with E-state index in [9.17, 15) is 4.79 Å². The number of aromatic amines is 1. The number of thioether (sulfide) groups is 1. The molecular weight excluding hydrogens is 248 g/mol. The van der Waals surface area contributed by atoms with Crippen LogP contribution in [0.25, 0.3) is 11.1 Å². The van der Waals surface area contributed by atoms with Crippen LogP contribution in [0.15, 0.2) is 35.4 Å². The number of H-pyrrole nitrogens is 1. The summed E-state index contributed by atoms with van der Waals surface area (Å²) in [5, 5.41) is 15.5. The molecule has 5 heteroatoms. The molecule has 1 aromatic heterocycles. The van der Waals surface area contributed by atoms with Crippen molar-refractivity contribution in [3.05, 3.63) is 36.2 Å². The molecule has 0 aliphatic heterocycles. The molecule has 0 aliphatic rings. The number of carboxylic acid groups (broad SMARTS) is 1. The van der Waals surface area contributed by atoms with Crippen molar-refractivity contribution in [1.29, 1.82) is 0 Å². The van der Waals surface area contributed by atoms with Gasteiger partial charge in [0.1, 0.15) is 0 Å². The summed E-state index contributed by atoms with van der Waals surface area (Å²) in [6.07, 6.45) is 1.63. The summed E-state index contributed by atoms with van der Waals surface area (Å²) < 4.78 is 0. The van der Waals surface area contributed by atoms with Gasteiger partial charge in [-0.3, -0.25) is 9.89 Å². The summed E-state index contributed by atoms with van der Waals surface area (Å²) in [5.41, 5.74) is 2.48. The van der Waals surface area contributed by atoms with Gasteiger partial charge in [-0.25, -0.2) is 0 Å². The zero-order chi connectivity index (χ0) is 13.0. The Labute approximate surface area is 109 Å². The number of aromatic nitrogens is 2. The Morgan fingerprint density at radius 2 is 2.11 bits per heavy atom. The lowest BCUT2D eigenvalue weighted by Crippen LogP contribution is -2.01. The fourth-order valence-corrected chi connectivity index (χ4v) is 2.41. The lowest BCUT2D eigenvalue weighted by molar-refractivity contribution is -0.136. The SMILES string of the molecule is CCSc1ccc(-c2cn[nH]c2CC(=O)O)cc1. The van der Waals surface area contributed by atoms with E-state index in [4.69, 9.17) is 5.11 Å². The maximum atomic E-state index is 10.7. The first-order valence-corrected chi connectivity index (χ1v) is 6.66. The number of nitrogens with one attached hydrogen (secondary N) is 1. The third-order valence-electron chi connectivity index (χ3n) is 2.52. The monoisotopic (exact) mass is 262 g/mol. The Morgan fingerprint density at radius 3 is 2.72 bits per heavy atom. The molecule has 2 rings (SSSR count). The van der Waals surface area contributed by atoms with E-state index in [1.807, 2.05) is 24.3 Å². The van der Waals surface area contributed by atoms with Crippen LogP contribution in [0.2, 0.25) is 0 Å². The Morgan fingerprint density at radius 1 is 1.39 bits per heavy atom. The zero-order valence-electron chi connectivity index (χ0n) is 10.0. The van der Waals surface area contributed by atoms with Crippen molar-refractivity contribution in [1.82, 2.24) is 10.2 Å². The van der Waals surface area contributed by atoms with Crippen molar-refractivity contribution in [2.75, 3.05) is 5.75 Å². The molecule has 0 aliphatic carbocycles. The van der Waals surface area contributed by atoms with Gasteiger partial charge in [-0.15, -0.1) is 11.8 Å². The molecule has 0 saturated heterocycles. The number of nitrogens with zero attached hydrogens (tertiary/aromatic N) is 1. The van der Waals surface area contributed by atoms with Gasteiger partial charge in [-0.2, -0.15) is 5.10 Å². The van der Waals surface area contributed by atoms with Gasteiger partial charge in [0.25, 0.3) is 0 Å². The predicted octanol–water partition coefficient (Wildman–Crippen LogP) is 2.82. The topological polar surface area (TPSA) is 66.0 Å². The van der Waals surface area contributed by atoms with Crippen molar-refractivity contribution >= 4 is 17.7 Å². The molecule has 0 spiro atoms. The molecule has 2 aromatic rings. The van der Waals surface area contributed by atoms with E-state index >= 15 is 0 Å². The maximum absolute atomic E-state index is 10.7. The predicted molar refractivity (Wildman–Crippen MR) is 71.8 cm³/mol. The minimum atomic E-state index is -0.862. The second-order valence-corrected chi connectivity index (χ2v) is 5.13. The molecule has 0 radical (unpaired) electrons. The van der Waals surface area contributed by atoms with E-state index in [1.54, 1.807) is 18.0 Å². The summed E-state index contributed by atoms with van der Waals surface area (Å²) in [5.74, 6) is 0.175. The first kappa shape index (κ1) is 12.7. The van der Waals surface area contributed by atoms with E-state index in [0.717, 1.165) is 16.9 Å².